The Morgan fingerprint density at radius 3 is 2.18 bits per heavy atom. The molecule has 0 aliphatic carbocycles. The average Bonchev–Trinajstić information content (AvgIpc) is 2.56. The largest absolute Gasteiger partial charge is 0.328 e. The molecule has 1 aliphatic heterocycles. The van der Waals surface area contributed by atoms with E-state index in [4.69, 9.17) is 0 Å². The number of nitrogens with zero attached hydrogens (tertiary/aromatic N) is 1. The van der Waals surface area contributed by atoms with Crippen LogP contribution in [0.3, 0.4) is 0 Å². The molecule has 1 amide bonds. The Labute approximate surface area is 129 Å². The van der Waals surface area contributed by atoms with Crippen molar-refractivity contribution < 1.29 is 4.79 Å². The number of nitrogens with one attached hydrogen (secondary N) is 1. The first kappa shape index (κ1) is 14.1. The molecular weight excluding hydrogens is 272 g/mol. The van der Waals surface area contributed by atoms with Gasteiger partial charge in [0.05, 0.1) is 6.07 Å². The molecule has 3 rings (SSSR count). The molecule has 1 heterocycles. The molecule has 3 nitrogen and oxygen atoms in total. The summed E-state index contributed by atoms with van der Waals surface area (Å²) in [5.74, 6) is -0.411. The van der Waals surface area contributed by atoms with Gasteiger partial charge in [-0.05, 0) is 23.6 Å². The lowest BCUT2D eigenvalue weighted by Gasteiger charge is -2.31. The number of benzene rings is 2. The average molecular weight is 287 g/mol. The summed E-state index contributed by atoms with van der Waals surface area (Å²) in [5.41, 5.74) is 3.74. The molecule has 1 N–H and O–H groups in total. The zero-order chi connectivity index (χ0) is 15.5. The van der Waals surface area contributed by atoms with Crippen LogP contribution in [0, 0.1) is 17.2 Å². The third-order valence-corrected chi connectivity index (χ3v) is 3.87. The van der Waals surface area contributed by atoms with Crippen molar-refractivity contribution in [2.45, 2.75) is 12.8 Å². The zero-order valence-corrected chi connectivity index (χ0v) is 12.2. The van der Waals surface area contributed by atoms with E-state index in [2.05, 4.69) is 11.4 Å². The summed E-state index contributed by atoms with van der Waals surface area (Å²) in [5, 5.41) is 12.3. The first-order chi connectivity index (χ1) is 10.7. The molecule has 1 radical (unpaired) electrons. The minimum Gasteiger partial charge on any atom is -0.328 e. The minimum atomic E-state index is -0.331. The quantitative estimate of drug-likeness (QED) is 0.920. The molecule has 0 fully saturated rings. The zero-order valence-electron chi connectivity index (χ0n) is 12.2. The minimum absolute atomic E-state index is 0.232. The third-order valence-electron chi connectivity index (χ3n) is 3.87. The smallest absolute Gasteiger partial charge is 0.247 e. The number of allylic oxidation sites excluding steroid dienone is 2. The van der Waals surface area contributed by atoms with Crippen LogP contribution in [0.5, 0.6) is 0 Å². The lowest BCUT2D eigenvalue weighted by Crippen LogP contribution is -2.37. The van der Waals surface area contributed by atoms with E-state index in [1.807, 2.05) is 67.6 Å². The Bertz CT molecular complexity index is 757. The molecule has 0 saturated heterocycles. The van der Waals surface area contributed by atoms with Crippen molar-refractivity contribution in [1.29, 1.82) is 5.26 Å². The Morgan fingerprint density at radius 1 is 1.00 bits per heavy atom. The fourth-order valence-corrected chi connectivity index (χ4v) is 2.89. The highest BCUT2D eigenvalue weighted by Gasteiger charge is 2.39. The molecule has 107 valence electrons. The lowest BCUT2D eigenvalue weighted by atomic mass is 9.75. The number of hydrogen-bond acceptors (Lipinski definition) is 2. The highest BCUT2D eigenvalue weighted by Crippen LogP contribution is 2.43. The number of carbonyl (C=O) groups is 1. The predicted molar refractivity (Wildman–Crippen MR) is 85.2 cm³/mol. The van der Waals surface area contributed by atoms with Crippen molar-refractivity contribution in [3.63, 3.8) is 0 Å². The molecule has 2 aromatic carbocycles. The molecule has 22 heavy (non-hydrogen) atoms. The van der Waals surface area contributed by atoms with Crippen LogP contribution in [0.2, 0.25) is 0 Å². The number of nitriles is 1. The Kier molecular flexibility index (Phi) is 3.76. The second kappa shape index (κ2) is 5.87. The maximum Gasteiger partial charge on any atom is 0.247 e. The van der Waals surface area contributed by atoms with E-state index in [0.29, 0.717) is 0 Å². The Morgan fingerprint density at radius 2 is 1.59 bits per heavy atom. The molecule has 1 unspecified atom stereocenters. The van der Waals surface area contributed by atoms with Crippen molar-refractivity contribution in [2.24, 2.45) is 0 Å². The molecule has 0 saturated carbocycles. The van der Waals surface area contributed by atoms with Gasteiger partial charge in [-0.3, -0.25) is 4.79 Å². The SMILES string of the molecule is CC1=C(c2ccccc2)C(c2ccccc2)[C](C#N)C(=O)N1. The van der Waals surface area contributed by atoms with Gasteiger partial charge < -0.3 is 5.32 Å². The molecule has 0 bridgehead atoms. The van der Waals surface area contributed by atoms with E-state index in [0.717, 1.165) is 22.4 Å². The molecule has 3 heteroatoms. The summed E-state index contributed by atoms with van der Waals surface area (Å²) in [6.45, 7) is 1.88. The standard InChI is InChI=1S/C19H15N2O/c1-13-17(14-8-4-2-5-9-14)18(15-10-6-3-7-11-15)16(12-20)19(22)21-13/h2-11,18H,1H3,(H,21,22). The van der Waals surface area contributed by atoms with E-state index in [9.17, 15) is 10.1 Å². The van der Waals surface area contributed by atoms with Crippen LogP contribution in [0.25, 0.3) is 5.57 Å². The highest BCUT2D eigenvalue weighted by molar-refractivity contribution is 6.03. The maximum absolute atomic E-state index is 12.2. The van der Waals surface area contributed by atoms with Crippen molar-refractivity contribution in [1.82, 2.24) is 5.32 Å². The number of rotatable bonds is 2. The van der Waals surface area contributed by atoms with E-state index < -0.39 is 0 Å². The fraction of sp³-hybridized carbons (Fsp3) is 0.105. The molecule has 0 spiro atoms. The summed E-state index contributed by atoms with van der Waals surface area (Å²) in [4.78, 5) is 12.2. The van der Waals surface area contributed by atoms with Gasteiger partial charge in [0.2, 0.25) is 5.91 Å². The van der Waals surface area contributed by atoms with Crippen LogP contribution in [0.1, 0.15) is 24.0 Å². The predicted octanol–water partition coefficient (Wildman–Crippen LogP) is 3.43. The number of amides is 1. The fourth-order valence-electron chi connectivity index (χ4n) is 2.89. The first-order valence-corrected chi connectivity index (χ1v) is 7.12. The molecule has 0 aromatic heterocycles. The summed E-state index contributed by atoms with van der Waals surface area (Å²) in [6.07, 6.45) is 0. The second-order valence-corrected chi connectivity index (χ2v) is 5.23. The van der Waals surface area contributed by atoms with Gasteiger partial charge in [0.15, 0.2) is 5.92 Å². The molecule has 1 aliphatic rings. The summed E-state index contributed by atoms with van der Waals surface area (Å²) in [7, 11) is 0. The normalized spacial score (nSPS) is 18.7. The van der Waals surface area contributed by atoms with E-state index in [1.165, 1.54) is 0 Å². The Hall–Kier alpha value is -2.86. The van der Waals surface area contributed by atoms with Crippen LogP contribution < -0.4 is 5.32 Å². The van der Waals surface area contributed by atoms with Crippen LogP contribution in [-0.4, -0.2) is 5.91 Å². The third kappa shape index (κ3) is 2.40. The summed E-state index contributed by atoms with van der Waals surface area (Å²) < 4.78 is 0. The van der Waals surface area contributed by atoms with Gasteiger partial charge >= 0.3 is 0 Å². The monoisotopic (exact) mass is 287 g/mol. The van der Waals surface area contributed by atoms with Crippen LogP contribution in [0.4, 0.5) is 0 Å². The number of hydrogen-bond donors (Lipinski definition) is 1. The molecule has 2 aromatic rings. The highest BCUT2D eigenvalue weighted by atomic mass is 16.2. The summed E-state index contributed by atoms with van der Waals surface area (Å²) >= 11 is 0. The first-order valence-electron chi connectivity index (χ1n) is 7.12. The second-order valence-electron chi connectivity index (χ2n) is 5.23. The maximum atomic E-state index is 12.2. The van der Waals surface area contributed by atoms with Gasteiger partial charge in [-0.2, -0.15) is 5.26 Å². The van der Waals surface area contributed by atoms with Gasteiger partial charge in [-0.25, -0.2) is 0 Å². The van der Waals surface area contributed by atoms with Crippen molar-refractivity contribution in [3.05, 3.63) is 83.4 Å². The van der Waals surface area contributed by atoms with E-state index >= 15 is 0 Å². The lowest BCUT2D eigenvalue weighted by molar-refractivity contribution is -0.118. The topological polar surface area (TPSA) is 52.9 Å². The molecule has 1 atom stereocenters. The van der Waals surface area contributed by atoms with E-state index in [1.54, 1.807) is 0 Å². The van der Waals surface area contributed by atoms with Gasteiger partial charge in [0.1, 0.15) is 0 Å². The van der Waals surface area contributed by atoms with Crippen LogP contribution in [-0.2, 0) is 4.79 Å². The van der Waals surface area contributed by atoms with Gasteiger partial charge in [0, 0.05) is 11.6 Å². The van der Waals surface area contributed by atoms with Gasteiger partial charge in [-0.15, -0.1) is 0 Å². The Balaban J connectivity index is 2.21. The molecular formula is C19H15N2O. The van der Waals surface area contributed by atoms with E-state index in [-0.39, 0.29) is 17.7 Å². The van der Waals surface area contributed by atoms with Crippen molar-refractivity contribution in [3.8, 4) is 6.07 Å². The van der Waals surface area contributed by atoms with Crippen molar-refractivity contribution >= 4 is 11.5 Å². The van der Waals surface area contributed by atoms with Crippen LogP contribution >= 0.6 is 0 Å². The summed E-state index contributed by atoms with van der Waals surface area (Å²) in [6, 6.07) is 21.7. The van der Waals surface area contributed by atoms with Gasteiger partial charge in [-0.1, -0.05) is 60.7 Å². The van der Waals surface area contributed by atoms with Crippen molar-refractivity contribution in [2.75, 3.05) is 0 Å². The number of carbonyl (C=O) groups excluding carboxylic acids is 1. The van der Waals surface area contributed by atoms with Gasteiger partial charge in [0.25, 0.3) is 0 Å². The van der Waals surface area contributed by atoms with Crippen LogP contribution in [0.15, 0.2) is 66.4 Å².